The molecule has 0 saturated carbocycles. The van der Waals surface area contributed by atoms with Crippen molar-refractivity contribution in [1.82, 2.24) is 4.90 Å². The smallest absolute Gasteiger partial charge is 0.229 e. The summed E-state index contributed by atoms with van der Waals surface area (Å²) in [6.45, 7) is 2.18. The van der Waals surface area contributed by atoms with Crippen molar-refractivity contribution in [2.75, 3.05) is 44.0 Å². The first-order valence-corrected chi connectivity index (χ1v) is 13.1. The van der Waals surface area contributed by atoms with E-state index in [0.29, 0.717) is 18.0 Å². The zero-order valence-corrected chi connectivity index (χ0v) is 20.1. The summed E-state index contributed by atoms with van der Waals surface area (Å²) in [6.07, 6.45) is 3.06. The van der Waals surface area contributed by atoms with E-state index in [-0.39, 0.29) is 19.0 Å². The average molecular weight is 497 g/mol. The van der Waals surface area contributed by atoms with E-state index in [9.17, 15) is 13.5 Å². The van der Waals surface area contributed by atoms with Gasteiger partial charge in [0, 0.05) is 43.9 Å². The maximum absolute atomic E-state index is 11.5. The molecule has 1 saturated heterocycles. The standard InChI is InChI=1S/C23H29ClN2O6S/c1-33(28,29)25-20-4-2-3-5-22(20)31-16-30-15-19(27)14-26-10-8-23(9-11-26)13-17-12-18(24)6-7-21(17)32-23/h2-7,12,19,25,27H,8-11,13-16H2,1H3/t19-/m0/s1. The molecule has 0 radical (unpaired) electrons. The van der Waals surface area contributed by atoms with Crippen molar-refractivity contribution in [3.8, 4) is 11.5 Å². The molecule has 2 aromatic carbocycles. The highest BCUT2D eigenvalue weighted by molar-refractivity contribution is 7.92. The Morgan fingerprint density at radius 3 is 2.76 bits per heavy atom. The second-order valence-electron chi connectivity index (χ2n) is 8.67. The zero-order chi connectivity index (χ0) is 23.5. The van der Waals surface area contributed by atoms with E-state index >= 15 is 0 Å². The quantitative estimate of drug-likeness (QED) is 0.407. The first-order valence-electron chi connectivity index (χ1n) is 10.9. The number of halogens is 1. The molecular weight excluding hydrogens is 468 g/mol. The molecule has 4 rings (SSSR count). The summed E-state index contributed by atoms with van der Waals surface area (Å²) in [4.78, 5) is 2.21. The number of para-hydroxylation sites is 2. The Morgan fingerprint density at radius 2 is 2.00 bits per heavy atom. The number of aliphatic hydroxyl groups is 1. The Bertz CT molecular complexity index is 1070. The van der Waals surface area contributed by atoms with Gasteiger partial charge in [-0.3, -0.25) is 4.72 Å². The fraction of sp³-hybridized carbons (Fsp3) is 0.478. The summed E-state index contributed by atoms with van der Waals surface area (Å²) in [6, 6.07) is 12.5. The number of β-amino-alcohol motifs (C(OH)–C–C–N with tert-alkyl or cyclic N) is 1. The van der Waals surface area contributed by atoms with Crippen LogP contribution >= 0.6 is 11.6 Å². The average Bonchev–Trinajstić information content (AvgIpc) is 3.10. The molecule has 1 spiro atoms. The van der Waals surface area contributed by atoms with Crippen molar-refractivity contribution in [3.05, 3.63) is 53.1 Å². The highest BCUT2D eigenvalue weighted by Gasteiger charge is 2.42. The summed E-state index contributed by atoms with van der Waals surface area (Å²) in [5.41, 5.74) is 1.33. The van der Waals surface area contributed by atoms with Gasteiger partial charge in [-0.2, -0.15) is 0 Å². The SMILES string of the molecule is CS(=O)(=O)Nc1ccccc1OCOC[C@@H](O)CN1CCC2(CC1)Cc1cc(Cl)ccc1O2. The number of piperidine rings is 1. The number of likely N-dealkylation sites (tertiary alicyclic amines) is 1. The van der Waals surface area contributed by atoms with E-state index in [4.69, 9.17) is 25.8 Å². The molecule has 0 bridgehead atoms. The van der Waals surface area contributed by atoms with Crippen LogP contribution in [0.5, 0.6) is 11.5 Å². The van der Waals surface area contributed by atoms with Gasteiger partial charge in [-0.1, -0.05) is 23.7 Å². The van der Waals surface area contributed by atoms with Crippen molar-refractivity contribution in [3.63, 3.8) is 0 Å². The van der Waals surface area contributed by atoms with Crippen LogP contribution in [0.2, 0.25) is 5.02 Å². The summed E-state index contributed by atoms with van der Waals surface area (Å²) in [5.74, 6) is 1.28. The zero-order valence-electron chi connectivity index (χ0n) is 18.5. The van der Waals surface area contributed by atoms with Gasteiger partial charge >= 0.3 is 0 Å². The lowest BCUT2D eigenvalue weighted by Crippen LogP contribution is -2.49. The number of hydrogen-bond acceptors (Lipinski definition) is 7. The van der Waals surface area contributed by atoms with Gasteiger partial charge in [0.1, 0.15) is 17.1 Å². The minimum Gasteiger partial charge on any atom is -0.487 e. The third-order valence-electron chi connectivity index (χ3n) is 5.89. The van der Waals surface area contributed by atoms with Crippen molar-refractivity contribution < 1.29 is 27.7 Å². The third kappa shape index (κ3) is 6.51. The number of hydrogen-bond donors (Lipinski definition) is 2. The van der Waals surface area contributed by atoms with E-state index in [2.05, 4.69) is 9.62 Å². The Hall–Kier alpha value is -2.04. The minimum atomic E-state index is -3.42. The van der Waals surface area contributed by atoms with E-state index in [1.165, 1.54) is 0 Å². The molecule has 0 amide bonds. The molecule has 8 nitrogen and oxygen atoms in total. The monoisotopic (exact) mass is 496 g/mol. The number of aliphatic hydroxyl groups excluding tert-OH is 1. The van der Waals surface area contributed by atoms with E-state index < -0.39 is 16.1 Å². The van der Waals surface area contributed by atoms with Gasteiger partial charge in [0.15, 0.2) is 6.79 Å². The first-order chi connectivity index (χ1) is 15.7. The molecule has 0 aliphatic carbocycles. The molecule has 2 aliphatic rings. The van der Waals surface area contributed by atoms with Gasteiger partial charge in [0.05, 0.1) is 24.7 Å². The van der Waals surface area contributed by atoms with E-state index in [1.807, 2.05) is 18.2 Å². The summed E-state index contributed by atoms with van der Waals surface area (Å²) in [7, 11) is -3.42. The fourth-order valence-corrected chi connectivity index (χ4v) is 5.10. The third-order valence-corrected chi connectivity index (χ3v) is 6.71. The lowest BCUT2D eigenvalue weighted by Gasteiger charge is -2.39. The lowest BCUT2D eigenvalue weighted by molar-refractivity contribution is -0.0469. The molecule has 2 N–H and O–H groups in total. The Labute approximate surface area is 199 Å². The molecular formula is C23H29ClN2O6S. The number of nitrogens with zero attached hydrogens (tertiary/aromatic N) is 1. The second kappa shape index (κ2) is 10.1. The molecule has 1 fully saturated rings. The predicted molar refractivity (Wildman–Crippen MR) is 127 cm³/mol. The van der Waals surface area contributed by atoms with Crippen molar-refractivity contribution in [1.29, 1.82) is 0 Å². The van der Waals surface area contributed by atoms with Crippen molar-refractivity contribution in [2.45, 2.75) is 31.0 Å². The van der Waals surface area contributed by atoms with E-state index in [1.54, 1.807) is 24.3 Å². The Balaban J connectivity index is 1.17. The second-order valence-corrected chi connectivity index (χ2v) is 10.9. The summed E-state index contributed by atoms with van der Waals surface area (Å²) >= 11 is 6.11. The summed E-state index contributed by atoms with van der Waals surface area (Å²) in [5, 5.41) is 11.1. The Kier molecular flexibility index (Phi) is 7.35. The van der Waals surface area contributed by atoms with Crippen LogP contribution in [0.4, 0.5) is 5.69 Å². The van der Waals surface area contributed by atoms with Crippen molar-refractivity contribution in [2.24, 2.45) is 0 Å². The number of anilines is 1. The maximum Gasteiger partial charge on any atom is 0.229 e. The van der Waals surface area contributed by atoms with Crippen LogP contribution in [0.25, 0.3) is 0 Å². The molecule has 180 valence electrons. The Morgan fingerprint density at radius 1 is 1.24 bits per heavy atom. The molecule has 2 aliphatic heterocycles. The van der Waals surface area contributed by atoms with Crippen LogP contribution in [0.1, 0.15) is 18.4 Å². The van der Waals surface area contributed by atoms with Crippen molar-refractivity contribution >= 4 is 27.3 Å². The topological polar surface area (TPSA) is 97.3 Å². The molecule has 2 heterocycles. The van der Waals surface area contributed by atoms with Gasteiger partial charge in [0.25, 0.3) is 0 Å². The molecule has 2 aromatic rings. The van der Waals surface area contributed by atoms with Crippen LogP contribution in [0.15, 0.2) is 42.5 Å². The highest BCUT2D eigenvalue weighted by Crippen LogP contribution is 2.41. The lowest BCUT2D eigenvalue weighted by atomic mass is 9.87. The fourth-order valence-electron chi connectivity index (χ4n) is 4.34. The van der Waals surface area contributed by atoms with Crippen LogP contribution in [0, 0.1) is 0 Å². The molecule has 1 atom stereocenters. The number of sulfonamides is 1. The van der Waals surface area contributed by atoms with Gasteiger partial charge in [-0.25, -0.2) is 8.42 Å². The number of nitrogens with one attached hydrogen (secondary N) is 1. The number of rotatable bonds is 9. The van der Waals surface area contributed by atoms with Crippen LogP contribution in [-0.2, 0) is 21.2 Å². The number of benzene rings is 2. The minimum absolute atomic E-state index is 0.0999. The molecule has 33 heavy (non-hydrogen) atoms. The van der Waals surface area contributed by atoms with Gasteiger partial charge in [-0.05, 0) is 35.9 Å². The van der Waals surface area contributed by atoms with Crippen LogP contribution in [0.3, 0.4) is 0 Å². The van der Waals surface area contributed by atoms with E-state index in [0.717, 1.165) is 54.9 Å². The van der Waals surface area contributed by atoms with Gasteiger partial charge < -0.3 is 24.2 Å². The normalized spacial score (nSPS) is 18.5. The van der Waals surface area contributed by atoms with Gasteiger partial charge in [0.2, 0.25) is 10.0 Å². The highest BCUT2D eigenvalue weighted by atomic mass is 35.5. The molecule has 0 aromatic heterocycles. The largest absolute Gasteiger partial charge is 0.487 e. The molecule has 10 heteroatoms. The summed E-state index contributed by atoms with van der Waals surface area (Å²) < 4.78 is 42.6. The number of ether oxygens (including phenoxy) is 3. The number of fused-ring (bicyclic) bond motifs is 1. The van der Waals surface area contributed by atoms with Crippen LogP contribution < -0.4 is 14.2 Å². The molecule has 0 unspecified atom stereocenters. The first kappa shape index (κ1) is 24.1. The van der Waals surface area contributed by atoms with Crippen LogP contribution in [-0.4, -0.2) is 69.4 Å². The predicted octanol–water partition coefficient (Wildman–Crippen LogP) is 2.90. The van der Waals surface area contributed by atoms with Gasteiger partial charge in [-0.15, -0.1) is 0 Å². The maximum atomic E-state index is 11.5.